The minimum absolute atomic E-state index is 0.0899. The maximum Gasteiger partial charge on any atom is 0.339 e. The van der Waals surface area contributed by atoms with Crippen LogP contribution in [0.1, 0.15) is 40.6 Å². The first-order valence-corrected chi connectivity index (χ1v) is 8.21. The summed E-state index contributed by atoms with van der Waals surface area (Å²) >= 11 is 0. The highest BCUT2D eigenvalue weighted by molar-refractivity contribution is 5.93. The zero-order valence-corrected chi connectivity index (χ0v) is 14.1. The number of rotatable bonds is 5. The minimum atomic E-state index is -0.986. The van der Waals surface area contributed by atoms with Crippen molar-refractivity contribution < 1.29 is 14.7 Å². The highest BCUT2D eigenvalue weighted by Gasteiger charge is 2.28. The van der Waals surface area contributed by atoms with Crippen LogP contribution in [0, 0.1) is 6.92 Å². The Kier molecular flexibility index (Phi) is 4.69. The molecule has 0 radical (unpaired) electrons. The molecule has 3 N–H and O–H groups in total. The standard InChI is InChI=1S/C17H21N5O3/c1-11-4-5-13(17(24)25)16(20-11)21-7-2-3-12(9-21)15-19-6-8-22(15)10-14(18)23/h4-6,8,12H,2-3,7,9-10H2,1H3,(H2,18,23)(H,24,25)/t12-/m1/s1. The van der Waals surface area contributed by atoms with Crippen molar-refractivity contribution >= 4 is 17.7 Å². The Bertz CT molecular complexity index is 801. The predicted molar refractivity (Wildman–Crippen MR) is 91.5 cm³/mol. The lowest BCUT2D eigenvalue weighted by atomic mass is 9.96. The lowest BCUT2D eigenvalue weighted by Crippen LogP contribution is -2.37. The summed E-state index contributed by atoms with van der Waals surface area (Å²) < 4.78 is 1.76. The van der Waals surface area contributed by atoms with Gasteiger partial charge in [0.15, 0.2) is 0 Å². The SMILES string of the molecule is Cc1ccc(C(=O)O)c(N2CCC[C@@H](c3nccn3CC(N)=O)C2)n1. The van der Waals surface area contributed by atoms with Crippen molar-refractivity contribution in [3.05, 3.63) is 41.6 Å². The number of aromatic carboxylic acids is 1. The van der Waals surface area contributed by atoms with Crippen LogP contribution in [0.5, 0.6) is 0 Å². The number of aryl methyl sites for hydroxylation is 1. The molecule has 132 valence electrons. The third-order valence-corrected chi connectivity index (χ3v) is 4.40. The Morgan fingerprint density at radius 2 is 2.20 bits per heavy atom. The van der Waals surface area contributed by atoms with Gasteiger partial charge in [0, 0.05) is 37.1 Å². The van der Waals surface area contributed by atoms with Crippen LogP contribution in [0.25, 0.3) is 0 Å². The van der Waals surface area contributed by atoms with Crippen LogP contribution in [-0.2, 0) is 11.3 Å². The molecule has 2 aromatic heterocycles. The van der Waals surface area contributed by atoms with E-state index in [9.17, 15) is 14.7 Å². The molecule has 1 atom stereocenters. The Labute approximate surface area is 145 Å². The molecule has 1 amide bonds. The summed E-state index contributed by atoms with van der Waals surface area (Å²) in [4.78, 5) is 33.6. The maximum absolute atomic E-state index is 11.5. The van der Waals surface area contributed by atoms with Crippen LogP contribution < -0.4 is 10.6 Å². The van der Waals surface area contributed by atoms with E-state index in [1.54, 1.807) is 29.1 Å². The van der Waals surface area contributed by atoms with E-state index in [2.05, 4.69) is 9.97 Å². The summed E-state index contributed by atoms with van der Waals surface area (Å²) in [6.07, 6.45) is 5.21. The number of anilines is 1. The number of imidazole rings is 1. The van der Waals surface area contributed by atoms with E-state index in [1.807, 2.05) is 11.8 Å². The molecule has 8 heteroatoms. The number of carboxylic acids is 1. The number of amides is 1. The molecule has 1 saturated heterocycles. The van der Waals surface area contributed by atoms with E-state index in [0.29, 0.717) is 12.4 Å². The molecule has 3 heterocycles. The first-order chi connectivity index (χ1) is 12.0. The van der Waals surface area contributed by atoms with Gasteiger partial charge in [-0.15, -0.1) is 0 Å². The van der Waals surface area contributed by atoms with Gasteiger partial charge in [-0.1, -0.05) is 0 Å². The van der Waals surface area contributed by atoms with E-state index in [-0.39, 0.29) is 18.0 Å². The average Bonchev–Trinajstić information content (AvgIpc) is 3.02. The number of aromatic nitrogens is 3. The number of hydrogen-bond donors (Lipinski definition) is 2. The highest BCUT2D eigenvalue weighted by atomic mass is 16.4. The first-order valence-electron chi connectivity index (χ1n) is 8.21. The number of pyridine rings is 1. The molecule has 1 aliphatic rings. The molecular weight excluding hydrogens is 322 g/mol. The third-order valence-electron chi connectivity index (χ3n) is 4.40. The van der Waals surface area contributed by atoms with Gasteiger partial charge >= 0.3 is 5.97 Å². The number of carbonyl (C=O) groups is 2. The molecule has 2 aromatic rings. The van der Waals surface area contributed by atoms with Crippen molar-refractivity contribution in [2.24, 2.45) is 5.73 Å². The van der Waals surface area contributed by atoms with Crippen LogP contribution >= 0.6 is 0 Å². The minimum Gasteiger partial charge on any atom is -0.478 e. The highest BCUT2D eigenvalue weighted by Crippen LogP contribution is 2.30. The van der Waals surface area contributed by atoms with Gasteiger partial charge in [-0.2, -0.15) is 0 Å². The number of carbonyl (C=O) groups excluding carboxylic acids is 1. The van der Waals surface area contributed by atoms with Crippen molar-refractivity contribution in [1.82, 2.24) is 14.5 Å². The summed E-state index contributed by atoms with van der Waals surface area (Å²) in [7, 11) is 0. The Morgan fingerprint density at radius 1 is 1.40 bits per heavy atom. The summed E-state index contributed by atoms with van der Waals surface area (Å²) in [6.45, 7) is 3.28. The summed E-state index contributed by atoms with van der Waals surface area (Å²) in [6, 6.07) is 3.30. The topological polar surface area (TPSA) is 114 Å². The number of carboxylic acid groups (broad SMARTS) is 1. The Morgan fingerprint density at radius 3 is 2.92 bits per heavy atom. The number of piperidine rings is 1. The van der Waals surface area contributed by atoms with Crippen LogP contribution in [-0.4, -0.2) is 44.6 Å². The number of nitrogens with two attached hydrogens (primary N) is 1. The van der Waals surface area contributed by atoms with E-state index in [0.717, 1.165) is 30.9 Å². The van der Waals surface area contributed by atoms with Gasteiger partial charge < -0.3 is 20.3 Å². The van der Waals surface area contributed by atoms with E-state index in [1.165, 1.54) is 0 Å². The van der Waals surface area contributed by atoms with Crippen LogP contribution in [0.2, 0.25) is 0 Å². The van der Waals surface area contributed by atoms with Crippen molar-refractivity contribution in [2.75, 3.05) is 18.0 Å². The number of nitrogens with zero attached hydrogens (tertiary/aromatic N) is 4. The quantitative estimate of drug-likeness (QED) is 0.842. The second-order valence-electron chi connectivity index (χ2n) is 6.29. The Hall–Kier alpha value is -2.90. The van der Waals surface area contributed by atoms with Crippen LogP contribution in [0.3, 0.4) is 0 Å². The first kappa shape index (κ1) is 16.9. The maximum atomic E-state index is 11.5. The molecule has 3 rings (SSSR count). The summed E-state index contributed by atoms with van der Waals surface area (Å²) in [5.41, 5.74) is 6.27. The third kappa shape index (κ3) is 3.62. The lowest BCUT2D eigenvalue weighted by Gasteiger charge is -2.34. The Balaban J connectivity index is 1.88. The van der Waals surface area contributed by atoms with Crippen molar-refractivity contribution in [3.63, 3.8) is 0 Å². The molecule has 0 saturated carbocycles. The fourth-order valence-corrected chi connectivity index (χ4v) is 3.31. The zero-order chi connectivity index (χ0) is 18.0. The molecule has 1 aliphatic heterocycles. The van der Waals surface area contributed by atoms with Crippen LogP contribution in [0.4, 0.5) is 5.82 Å². The van der Waals surface area contributed by atoms with E-state index in [4.69, 9.17) is 5.73 Å². The van der Waals surface area contributed by atoms with Gasteiger partial charge in [-0.25, -0.2) is 14.8 Å². The zero-order valence-electron chi connectivity index (χ0n) is 14.1. The lowest BCUT2D eigenvalue weighted by molar-refractivity contribution is -0.118. The second kappa shape index (κ2) is 6.92. The largest absolute Gasteiger partial charge is 0.478 e. The second-order valence-corrected chi connectivity index (χ2v) is 6.29. The van der Waals surface area contributed by atoms with Crippen molar-refractivity contribution in [3.8, 4) is 0 Å². The molecule has 0 aromatic carbocycles. The van der Waals surface area contributed by atoms with Gasteiger partial charge in [0.25, 0.3) is 0 Å². The number of primary amides is 1. The molecule has 0 aliphatic carbocycles. The fraction of sp³-hybridized carbons (Fsp3) is 0.412. The monoisotopic (exact) mass is 343 g/mol. The molecule has 1 fully saturated rings. The van der Waals surface area contributed by atoms with Crippen molar-refractivity contribution in [1.29, 1.82) is 0 Å². The van der Waals surface area contributed by atoms with E-state index >= 15 is 0 Å². The van der Waals surface area contributed by atoms with Gasteiger partial charge in [0.05, 0.1) is 0 Å². The molecule has 0 unspecified atom stereocenters. The predicted octanol–water partition coefficient (Wildman–Crippen LogP) is 1.15. The molecule has 0 bridgehead atoms. The number of hydrogen-bond acceptors (Lipinski definition) is 5. The summed E-state index contributed by atoms with van der Waals surface area (Å²) in [5.74, 6) is -0.0226. The van der Waals surface area contributed by atoms with E-state index < -0.39 is 11.9 Å². The van der Waals surface area contributed by atoms with Crippen molar-refractivity contribution in [2.45, 2.75) is 32.2 Å². The smallest absolute Gasteiger partial charge is 0.339 e. The van der Waals surface area contributed by atoms with Gasteiger partial charge in [0.2, 0.25) is 5.91 Å². The average molecular weight is 343 g/mol. The van der Waals surface area contributed by atoms with Gasteiger partial charge in [0.1, 0.15) is 23.8 Å². The molecule has 8 nitrogen and oxygen atoms in total. The fourth-order valence-electron chi connectivity index (χ4n) is 3.31. The summed E-state index contributed by atoms with van der Waals surface area (Å²) in [5, 5.41) is 9.45. The van der Waals surface area contributed by atoms with Gasteiger partial charge in [-0.05, 0) is 31.9 Å². The normalized spacial score (nSPS) is 17.5. The molecule has 0 spiro atoms. The van der Waals surface area contributed by atoms with Gasteiger partial charge in [-0.3, -0.25) is 4.79 Å². The van der Waals surface area contributed by atoms with Crippen LogP contribution in [0.15, 0.2) is 24.5 Å². The molecule has 25 heavy (non-hydrogen) atoms. The molecular formula is C17H21N5O3.